The van der Waals surface area contributed by atoms with Crippen molar-refractivity contribution in [2.75, 3.05) is 25.0 Å². The number of aliphatic hydroxyl groups is 1. The molecule has 0 aliphatic carbocycles. The molecule has 0 fully saturated rings. The minimum absolute atomic E-state index is 0.0410. The fraction of sp³-hybridized carbons (Fsp3) is 0.533. The predicted molar refractivity (Wildman–Crippen MR) is 76.5 cm³/mol. The lowest BCUT2D eigenvalue weighted by Crippen LogP contribution is -2.34. The van der Waals surface area contributed by atoms with E-state index in [9.17, 15) is 4.79 Å². The van der Waals surface area contributed by atoms with Crippen molar-refractivity contribution in [3.63, 3.8) is 0 Å². The summed E-state index contributed by atoms with van der Waals surface area (Å²) >= 11 is 0. The smallest absolute Gasteiger partial charge is 0.251 e. The molecule has 1 amide bonds. The van der Waals surface area contributed by atoms with E-state index in [1.807, 2.05) is 32.0 Å². The Kier molecular flexibility index (Phi) is 4.10. The molecule has 19 heavy (non-hydrogen) atoms. The van der Waals surface area contributed by atoms with Crippen molar-refractivity contribution in [2.24, 2.45) is 5.41 Å². The van der Waals surface area contributed by atoms with E-state index in [4.69, 9.17) is 5.11 Å². The quantitative estimate of drug-likeness (QED) is 0.758. The molecule has 3 N–H and O–H groups in total. The first-order valence-corrected chi connectivity index (χ1v) is 6.78. The number of hydrogen-bond acceptors (Lipinski definition) is 3. The van der Waals surface area contributed by atoms with Crippen LogP contribution in [0.4, 0.5) is 5.69 Å². The van der Waals surface area contributed by atoms with Gasteiger partial charge in [-0.2, -0.15) is 0 Å². The second kappa shape index (κ2) is 5.61. The molecule has 0 spiro atoms. The second-order valence-electron chi connectivity index (χ2n) is 5.87. The highest BCUT2D eigenvalue weighted by atomic mass is 16.3. The van der Waals surface area contributed by atoms with E-state index in [0.29, 0.717) is 18.5 Å². The number of carbonyl (C=O) groups excluding carboxylic acids is 1. The first-order valence-electron chi connectivity index (χ1n) is 6.78. The first-order chi connectivity index (χ1) is 9.02. The summed E-state index contributed by atoms with van der Waals surface area (Å²) in [7, 11) is 0. The van der Waals surface area contributed by atoms with Crippen molar-refractivity contribution in [1.82, 2.24) is 5.32 Å². The van der Waals surface area contributed by atoms with E-state index in [1.165, 1.54) is 5.56 Å². The van der Waals surface area contributed by atoms with Gasteiger partial charge in [0.1, 0.15) is 0 Å². The highest BCUT2D eigenvalue weighted by Gasteiger charge is 2.19. The van der Waals surface area contributed by atoms with E-state index >= 15 is 0 Å². The van der Waals surface area contributed by atoms with Crippen LogP contribution in [-0.4, -0.2) is 30.7 Å². The van der Waals surface area contributed by atoms with Gasteiger partial charge in [-0.1, -0.05) is 13.8 Å². The zero-order valence-electron chi connectivity index (χ0n) is 11.6. The number of anilines is 1. The Morgan fingerprint density at radius 3 is 3.00 bits per heavy atom. The third kappa shape index (κ3) is 3.47. The second-order valence-corrected chi connectivity index (χ2v) is 5.87. The normalized spacial score (nSPS) is 13.8. The predicted octanol–water partition coefficient (Wildman–Crippen LogP) is 1.79. The highest BCUT2D eigenvalue weighted by molar-refractivity contribution is 5.95. The Balaban J connectivity index is 1.97. The number of nitrogens with one attached hydrogen (secondary N) is 2. The average molecular weight is 262 g/mol. The number of aliphatic hydroxyl groups excluding tert-OH is 1. The van der Waals surface area contributed by atoms with Gasteiger partial charge in [0, 0.05) is 30.9 Å². The molecule has 0 unspecified atom stereocenters. The van der Waals surface area contributed by atoms with Crippen molar-refractivity contribution >= 4 is 11.6 Å². The van der Waals surface area contributed by atoms with E-state index in [0.717, 1.165) is 18.7 Å². The summed E-state index contributed by atoms with van der Waals surface area (Å²) in [6.07, 6.45) is 1.66. The molecule has 1 aliphatic rings. The van der Waals surface area contributed by atoms with Gasteiger partial charge in [0.05, 0.1) is 0 Å². The minimum Gasteiger partial charge on any atom is -0.396 e. The topological polar surface area (TPSA) is 61.4 Å². The Morgan fingerprint density at radius 2 is 2.26 bits per heavy atom. The number of benzene rings is 1. The summed E-state index contributed by atoms with van der Waals surface area (Å²) in [6, 6.07) is 5.78. The van der Waals surface area contributed by atoms with Gasteiger partial charge in [0.25, 0.3) is 5.91 Å². The van der Waals surface area contributed by atoms with Crippen LogP contribution in [-0.2, 0) is 6.42 Å². The van der Waals surface area contributed by atoms with Gasteiger partial charge in [-0.15, -0.1) is 0 Å². The molecule has 1 aromatic carbocycles. The lowest BCUT2D eigenvalue weighted by atomic mass is 9.89. The maximum Gasteiger partial charge on any atom is 0.251 e. The lowest BCUT2D eigenvalue weighted by Gasteiger charge is -2.23. The van der Waals surface area contributed by atoms with E-state index in [1.54, 1.807) is 0 Å². The Morgan fingerprint density at radius 1 is 1.47 bits per heavy atom. The zero-order valence-corrected chi connectivity index (χ0v) is 11.6. The largest absolute Gasteiger partial charge is 0.396 e. The SMILES string of the molecule is CC(C)(CCO)CNC(=O)c1ccc2c(c1)CCN2. The van der Waals surface area contributed by atoms with Crippen LogP contribution >= 0.6 is 0 Å². The average Bonchev–Trinajstić information content (AvgIpc) is 2.83. The fourth-order valence-corrected chi connectivity index (χ4v) is 2.26. The van der Waals surface area contributed by atoms with Crippen LogP contribution in [0.15, 0.2) is 18.2 Å². The monoisotopic (exact) mass is 262 g/mol. The molecule has 1 aromatic rings. The Hall–Kier alpha value is -1.55. The summed E-state index contributed by atoms with van der Waals surface area (Å²) in [5.74, 6) is -0.0410. The molecule has 0 atom stereocenters. The molecule has 0 saturated heterocycles. The van der Waals surface area contributed by atoms with E-state index < -0.39 is 0 Å². The molecule has 4 heteroatoms. The van der Waals surface area contributed by atoms with Crippen molar-refractivity contribution in [1.29, 1.82) is 0 Å². The number of fused-ring (bicyclic) bond motifs is 1. The van der Waals surface area contributed by atoms with Crippen molar-refractivity contribution in [3.05, 3.63) is 29.3 Å². The van der Waals surface area contributed by atoms with Gasteiger partial charge in [0.2, 0.25) is 0 Å². The third-order valence-corrected chi connectivity index (χ3v) is 3.59. The molecule has 0 aromatic heterocycles. The van der Waals surface area contributed by atoms with Crippen molar-refractivity contribution in [2.45, 2.75) is 26.7 Å². The van der Waals surface area contributed by atoms with Gasteiger partial charge in [0.15, 0.2) is 0 Å². The molecule has 1 heterocycles. The van der Waals surface area contributed by atoms with Crippen LogP contribution in [0.25, 0.3) is 0 Å². The van der Waals surface area contributed by atoms with Crippen LogP contribution < -0.4 is 10.6 Å². The summed E-state index contributed by atoms with van der Waals surface area (Å²) in [6.45, 7) is 5.74. The van der Waals surface area contributed by atoms with E-state index in [-0.39, 0.29) is 17.9 Å². The van der Waals surface area contributed by atoms with Gasteiger partial charge < -0.3 is 15.7 Å². The molecular weight excluding hydrogens is 240 g/mol. The van der Waals surface area contributed by atoms with Crippen LogP contribution in [0.3, 0.4) is 0 Å². The molecule has 0 saturated carbocycles. The van der Waals surface area contributed by atoms with E-state index in [2.05, 4.69) is 10.6 Å². The molecule has 104 valence electrons. The standard InChI is InChI=1S/C15H22N2O2/c1-15(2,6-8-18)10-17-14(19)12-3-4-13-11(9-12)5-7-16-13/h3-4,9,16,18H,5-8,10H2,1-2H3,(H,17,19). The Bertz CT molecular complexity index is 469. The van der Waals surface area contributed by atoms with Crippen LogP contribution in [0.1, 0.15) is 36.2 Å². The summed E-state index contributed by atoms with van der Waals surface area (Å²) in [5, 5.41) is 15.2. The van der Waals surface area contributed by atoms with Gasteiger partial charge in [-0.25, -0.2) is 0 Å². The summed E-state index contributed by atoms with van der Waals surface area (Å²) < 4.78 is 0. The third-order valence-electron chi connectivity index (χ3n) is 3.59. The molecule has 2 rings (SSSR count). The number of amides is 1. The van der Waals surface area contributed by atoms with Crippen LogP contribution in [0, 0.1) is 5.41 Å². The molecule has 1 aliphatic heterocycles. The number of carbonyl (C=O) groups is 1. The zero-order chi connectivity index (χ0) is 13.9. The van der Waals surface area contributed by atoms with Gasteiger partial charge in [-0.05, 0) is 42.0 Å². The van der Waals surface area contributed by atoms with Crippen molar-refractivity contribution < 1.29 is 9.90 Å². The van der Waals surface area contributed by atoms with Crippen LogP contribution in [0.5, 0.6) is 0 Å². The number of hydrogen-bond donors (Lipinski definition) is 3. The van der Waals surface area contributed by atoms with Gasteiger partial charge >= 0.3 is 0 Å². The first kappa shape index (κ1) is 13.9. The maximum absolute atomic E-state index is 12.1. The summed E-state index contributed by atoms with van der Waals surface area (Å²) in [5.41, 5.74) is 2.98. The summed E-state index contributed by atoms with van der Waals surface area (Å²) in [4.78, 5) is 12.1. The molecule has 0 bridgehead atoms. The minimum atomic E-state index is -0.0807. The van der Waals surface area contributed by atoms with Crippen LogP contribution in [0.2, 0.25) is 0 Å². The lowest BCUT2D eigenvalue weighted by molar-refractivity contribution is 0.0928. The molecule has 0 radical (unpaired) electrons. The molecular formula is C15H22N2O2. The molecule has 4 nitrogen and oxygen atoms in total. The highest BCUT2D eigenvalue weighted by Crippen LogP contribution is 2.23. The maximum atomic E-state index is 12.1. The van der Waals surface area contributed by atoms with Crippen molar-refractivity contribution in [3.8, 4) is 0 Å². The van der Waals surface area contributed by atoms with Gasteiger partial charge in [-0.3, -0.25) is 4.79 Å². The number of rotatable bonds is 5. The fourth-order valence-electron chi connectivity index (χ4n) is 2.26. The Labute approximate surface area is 114 Å².